The molecule has 0 aliphatic heterocycles. The standard InChI is InChI=1S/C24H50N2OS2.C7H16N2O/c1-5-7-8-9-10-11-12-13-14-15-16-17-21-26(3,4)22-18-19-24(27)25-20-23-29-28-6-2;1-9(2,3)6-4-5-7(8)10/h5-23H2,1-4H3;4-6H2,1-3H3,(H-,8,10)/p+2. The van der Waals surface area contributed by atoms with E-state index in [9.17, 15) is 9.59 Å². The van der Waals surface area contributed by atoms with Crippen LogP contribution in [0.5, 0.6) is 0 Å². The minimum Gasteiger partial charge on any atom is -0.370 e. The lowest BCUT2D eigenvalue weighted by atomic mass is 10.1. The van der Waals surface area contributed by atoms with Gasteiger partial charge in [0.25, 0.3) is 0 Å². The number of primary amides is 1. The molecular weight excluding hydrogens is 525 g/mol. The molecule has 234 valence electrons. The van der Waals surface area contributed by atoms with E-state index in [0.717, 1.165) is 52.9 Å². The lowest BCUT2D eigenvalue weighted by Crippen LogP contribution is -2.41. The van der Waals surface area contributed by atoms with Gasteiger partial charge in [0.05, 0.1) is 54.9 Å². The smallest absolute Gasteiger partial charge is 0.220 e. The number of carbonyl (C=O) groups excluding carboxylic acids is 2. The molecular formula is C31H68N4O2S2+2. The highest BCUT2D eigenvalue weighted by molar-refractivity contribution is 8.76. The molecule has 3 N–H and O–H groups in total. The van der Waals surface area contributed by atoms with Crippen molar-refractivity contribution < 1.29 is 18.6 Å². The van der Waals surface area contributed by atoms with E-state index in [1.54, 1.807) is 0 Å². The Morgan fingerprint density at radius 3 is 1.62 bits per heavy atom. The summed E-state index contributed by atoms with van der Waals surface area (Å²) in [6, 6.07) is 0. The van der Waals surface area contributed by atoms with Gasteiger partial charge in [-0.2, -0.15) is 0 Å². The molecule has 0 bridgehead atoms. The zero-order valence-electron chi connectivity index (χ0n) is 27.2. The molecule has 0 fully saturated rings. The van der Waals surface area contributed by atoms with E-state index >= 15 is 0 Å². The molecule has 0 unspecified atom stereocenters. The Morgan fingerprint density at radius 2 is 1.13 bits per heavy atom. The number of rotatable bonds is 26. The van der Waals surface area contributed by atoms with Gasteiger partial charge in [0.1, 0.15) is 0 Å². The summed E-state index contributed by atoms with van der Waals surface area (Å²) in [6.45, 7) is 8.59. The molecule has 0 aliphatic carbocycles. The van der Waals surface area contributed by atoms with E-state index in [-0.39, 0.29) is 11.8 Å². The van der Waals surface area contributed by atoms with Crippen LogP contribution in [0.2, 0.25) is 0 Å². The van der Waals surface area contributed by atoms with Gasteiger partial charge in [-0.05, 0) is 12.8 Å². The molecule has 0 saturated carbocycles. The Balaban J connectivity index is 0. The molecule has 0 aliphatic rings. The fourth-order valence-electron chi connectivity index (χ4n) is 4.35. The summed E-state index contributed by atoms with van der Waals surface area (Å²) >= 11 is 0. The van der Waals surface area contributed by atoms with E-state index in [2.05, 4.69) is 54.4 Å². The predicted octanol–water partition coefficient (Wildman–Crippen LogP) is 7.02. The van der Waals surface area contributed by atoms with Crippen molar-refractivity contribution in [3.8, 4) is 0 Å². The second-order valence-electron chi connectivity index (χ2n) is 12.5. The zero-order chi connectivity index (χ0) is 29.8. The highest BCUT2D eigenvalue weighted by Crippen LogP contribution is 2.19. The Morgan fingerprint density at radius 1 is 0.641 bits per heavy atom. The van der Waals surface area contributed by atoms with Gasteiger partial charge < -0.3 is 20.0 Å². The molecule has 0 aromatic rings. The van der Waals surface area contributed by atoms with Crippen LogP contribution in [0.25, 0.3) is 0 Å². The van der Waals surface area contributed by atoms with Crippen LogP contribution in [-0.4, -0.2) is 93.7 Å². The first-order valence-electron chi connectivity index (χ1n) is 15.9. The van der Waals surface area contributed by atoms with Crippen molar-refractivity contribution >= 4 is 33.4 Å². The highest BCUT2D eigenvalue weighted by atomic mass is 33.1. The van der Waals surface area contributed by atoms with Crippen LogP contribution < -0.4 is 11.1 Å². The van der Waals surface area contributed by atoms with Crippen LogP contribution in [0.4, 0.5) is 0 Å². The van der Waals surface area contributed by atoms with Gasteiger partial charge >= 0.3 is 0 Å². The second-order valence-corrected chi connectivity index (χ2v) is 15.4. The molecule has 0 rings (SSSR count). The van der Waals surface area contributed by atoms with Crippen molar-refractivity contribution in [1.82, 2.24) is 5.32 Å². The molecule has 39 heavy (non-hydrogen) atoms. The minimum atomic E-state index is -0.201. The average Bonchev–Trinajstić information content (AvgIpc) is 2.84. The van der Waals surface area contributed by atoms with Crippen LogP contribution in [0, 0.1) is 0 Å². The van der Waals surface area contributed by atoms with Crippen LogP contribution in [-0.2, 0) is 9.59 Å². The molecule has 0 radical (unpaired) electrons. The number of hydrogen-bond acceptors (Lipinski definition) is 4. The average molecular weight is 593 g/mol. The maximum Gasteiger partial charge on any atom is 0.220 e. The number of amides is 2. The summed E-state index contributed by atoms with van der Waals surface area (Å²) in [5.74, 6) is 2.15. The number of quaternary nitrogens is 2. The topological polar surface area (TPSA) is 72.2 Å². The lowest BCUT2D eigenvalue weighted by Gasteiger charge is -2.29. The maximum absolute atomic E-state index is 11.9. The van der Waals surface area contributed by atoms with E-state index in [1.165, 1.54) is 83.6 Å². The Labute approximate surface area is 251 Å². The molecule has 0 heterocycles. The molecule has 0 atom stereocenters. The molecule has 2 amide bonds. The molecule has 0 spiro atoms. The second kappa shape index (κ2) is 27.7. The van der Waals surface area contributed by atoms with Crippen molar-refractivity contribution in [2.24, 2.45) is 5.73 Å². The van der Waals surface area contributed by atoms with E-state index in [1.807, 2.05) is 21.6 Å². The Kier molecular flexibility index (Phi) is 28.9. The molecule has 8 heteroatoms. The van der Waals surface area contributed by atoms with Crippen LogP contribution in [0.1, 0.15) is 117 Å². The van der Waals surface area contributed by atoms with Gasteiger partial charge in [0, 0.05) is 43.7 Å². The Bertz CT molecular complexity index is 569. The van der Waals surface area contributed by atoms with Crippen molar-refractivity contribution in [3.05, 3.63) is 0 Å². The van der Waals surface area contributed by atoms with Crippen molar-refractivity contribution in [2.45, 2.75) is 117 Å². The molecule has 0 aromatic carbocycles. The monoisotopic (exact) mass is 592 g/mol. The summed E-state index contributed by atoms with van der Waals surface area (Å²) in [4.78, 5) is 22.2. The summed E-state index contributed by atoms with van der Waals surface area (Å²) in [5, 5.41) is 3.04. The number of nitrogens with one attached hydrogen (secondary N) is 1. The van der Waals surface area contributed by atoms with Gasteiger partial charge in [-0.1, -0.05) is 99.6 Å². The fourth-order valence-corrected chi connectivity index (χ4v) is 5.92. The third-order valence-electron chi connectivity index (χ3n) is 6.75. The third-order valence-corrected chi connectivity index (χ3v) is 9.23. The summed E-state index contributed by atoms with van der Waals surface area (Å²) < 4.78 is 1.95. The summed E-state index contributed by atoms with van der Waals surface area (Å²) in [6.07, 6.45) is 20.0. The van der Waals surface area contributed by atoms with E-state index < -0.39 is 0 Å². The van der Waals surface area contributed by atoms with Crippen LogP contribution >= 0.6 is 21.6 Å². The van der Waals surface area contributed by atoms with Gasteiger partial charge in [0.2, 0.25) is 11.8 Å². The number of nitrogens with two attached hydrogens (primary N) is 1. The van der Waals surface area contributed by atoms with Crippen LogP contribution in [0.3, 0.4) is 0 Å². The number of hydrogen-bond donors (Lipinski definition) is 2. The van der Waals surface area contributed by atoms with Gasteiger partial charge in [0.15, 0.2) is 0 Å². The van der Waals surface area contributed by atoms with Crippen molar-refractivity contribution in [2.75, 3.05) is 72.9 Å². The predicted molar refractivity (Wildman–Crippen MR) is 177 cm³/mol. The first kappa shape index (κ1) is 40.7. The first-order chi connectivity index (χ1) is 18.4. The third kappa shape index (κ3) is 37.6. The van der Waals surface area contributed by atoms with Crippen molar-refractivity contribution in [3.63, 3.8) is 0 Å². The molecule has 6 nitrogen and oxygen atoms in total. The molecule has 0 saturated heterocycles. The molecule has 0 aromatic heterocycles. The first-order valence-corrected chi connectivity index (χ1v) is 18.3. The van der Waals surface area contributed by atoms with E-state index in [0.29, 0.717) is 12.8 Å². The largest absolute Gasteiger partial charge is 0.370 e. The summed E-state index contributed by atoms with van der Waals surface area (Å²) in [5.41, 5.74) is 4.98. The van der Waals surface area contributed by atoms with Gasteiger partial charge in [-0.15, -0.1) is 0 Å². The lowest BCUT2D eigenvalue weighted by molar-refractivity contribution is -0.890. The fraction of sp³-hybridized carbons (Fsp3) is 0.935. The highest BCUT2D eigenvalue weighted by Gasteiger charge is 2.15. The normalized spacial score (nSPS) is 11.7. The van der Waals surface area contributed by atoms with Crippen molar-refractivity contribution in [1.29, 1.82) is 0 Å². The summed E-state index contributed by atoms with van der Waals surface area (Å²) in [7, 11) is 14.6. The maximum atomic E-state index is 11.9. The number of nitrogens with zero attached hydrogens (tertiary/aromatic N) is 2. The SMILES string of the molecule is CCCCCCCCCCCCCC[N+](C)(C)CCCC(=O)NCCSSCC.C[N+](C)(C)CCCC(N)=O. The zero-order valence-corrected chi connectivity index (χ0v) is 28.8. The number of unbranched alkanes of at least 4 members (excludes halogenated alkanes) is 11. The minimum absolute atomic E-state index is 0.201. The van der Waals surface area contributed by atoms with Gasteiger partial charge in [-0.3, -0.25) is 9.59 Å². The van der Waals surface area contributed by atoms with Gasteiger partial charge in [-0.25, -0.2) is 0 Å². The number of carbonyl (C=O) groups is 2. The Hall–Kier alpha value is -0.440. The van der Waals surface area contributed by atoms with E-state index in [4.69, 9.17) is 5.73 Å². The quantitative estimate of drug-likeness (QED) is 0.0643. The van der Waals surface area contributed by atoms with Crippen LogP contribution in [0.15, 0.2) is 0 Å².